The number of rotatable bonds is 9. The molecule has 0 radical (unpaired) electrons. The molecule has 0 aliphatic heterocycles. The Balaban J connectivity index is 0.00000420. The van der Waals surface area contributed by atoms with Crippen LogP contribution in [0.15, 0.2) is 59.6 Å². The average Bonchev–Trinajstić information content (AvgIpc) is 2.67. The molecule has 160 valence electrons. The Morgan fingerprint density at radius 2 is 1.48 bits per heavy atom. The summed E-state index contributed by atoms with van der Waals surface area (Å²) in [5, 5.41) is 5.65. The van der Waals surface area contributed by atoms with E-state index in [2.05, 4.69) is 15.6 Å². The van der Waals surface area contributed by atoms with E-state index in [1.54, 1.807) is 0 Å². The largest absolute Gasteiger partial charge is 0.390 e. The lowest BCUT2D eigenvalue weighted by molar-refractivity contribution is -0.132. The van der Waals surface area contributed by atoms with Crippen molar-refractivity contribution in [1.82, 2.24) is 10.6 Å². The molecule has 2 rings (SSSR count). The summed E-state index contributed by atoms with van der Waals surface area (Å²) in [6.45, 7) is 3.70. The van der Waals surface area contributed by atoms with Gasteiger partial charge < -0.3 is 15.4 Å². The molecular weight excluding hydrogens is 494 g/mol. The second-order valence-electron chi connectivity index (χ2n) is 6.28. The van der Waals surface area contributed by atoms with Crippen molar-refractivity contribution in [2.45, 2.75) is 39.3 Å². The Bertz CT molecular complexity index is 722. The first-order valence-electron chi connectivity index (χ1n) is 9.24. The Kier molecular flexibility index (Phi) is 11.7. The monoisotopic (exact) mass is 521 g/mol. The van der Waals surface area contributed by atoms with Crippen molar-refractivity contribution in [1.29, 1.82) is 0 Å². The lowest BCUT2D eigenvalue weighted by atomic mass is 10.1. The van der Waals surface area contributed by atoms with Crippen LogP contribution in [0.1, 0.15) is 30.0 Å². The van der Waals surface area contributed by atoms with E-state index >= 15 is 0 Å². The molecule has 0 atom stereocenters. The van der Waals surface area contributed by atoms with Crippen LogP contribution in [0.5, 0.6) is 0 Å². The molecule has 2 N–H and O–H groups in total. The van der Waals surface area contributed by atoms with Gasteiger partial charge in [-0.1, -0.05) is 54.6 Å². The van der Waals surface area contributed by atoms with Crippen LogP contribution in [0.4, 0.5) is 13.2 Å². The molecule has 0 spiro atoms. The molecule has 0 aliphatic rings. The third-order valence-electron chi connectivity index (χ3n) is 3.87. The predicted molar refractivity (Wildman–Crippen MR) is 120 cm³/mol. The van der Waals surface area contributed by atoms with Gasteiger partial charge in [0, 0.05) is 13.1 Å². The summed E-state index contributed by atoms with van der Waals surface area (Å²) >= 11 is 0. The summed E-state index contributed by atoms with van der Waals surface area (Å²) in [4.78, 5) is 4.33. The molecule has 0 saturated carbocycles. The highest BCUT2D eigenvalue weighted by Gasteiger charge is 2.26. The van der Waals surface area contributed by atoms with Crippen molar-refractivity contribution >= 4 is 29.9 Å². The zero-order chi connectivity index (χ0) is 20.2. The van der Waals surface area contributed by atoms with E-state index in [0.717, 1.165) is 16.7 Å². The van der Waals surface area contributed by atoms with Gasteiger partial charge >= 0.3 is 6.18 Å². The quantitative estimate of drug-likeness (QED) is 0.277. The third kappa shape index (κ3) is 11.1. The summed E-state index contributed by atoms with van der Waals surface area (Å²) in [7, 11) is 0. The highest BCUT2D eigenvalue weighted by atomic mass is 127. The second-order valence-corrected chi connectivity index (χ2v) is 6.28. The molecule has 0 fully saturated rings. The molecule has 0 saturated heterocycles. The van der Waals surface area contributed by atoms with Gasteiger partial charge in [-0.15, -0.1) is 24.0 Å². The van der Waals surface area contributed by atoms with Crippen molar-refractivity contribution in [3.63, 3.8) is 0 Å². The van der Waals surface area contributed by atoms with Gasteiger partial charge in [-0.05, 0) is 23.6 Å². The van der Waals surface area contributed by atoms with Gasteiger partial charge in [0.25, 0.3) is 0 Å². The molecule has 2 aromatic rings. The Hall–Kier alpha value is -1.81. The number of aliphatic imine (C=N–C) groups is 1. The topological polar surface area (TPSA) is 45.7 Å². The fourth-order valence-corrected chi connectivity index (χ4v) is 2.44. The van der Waals surface area contributed by atoms with E-state index in [9.17, 15) is 13.2 Å². The second kappa shape index (κ2) is 13.4. The molecule has 8 heteroatoms. The van der Waals surface area contributed by atoms with Crippen LogP contribution in [0.2, 0.25) is 0 Å². The number of alkyl halides is 3. The molecule has 0 bridgehead atoms. The summed E-state index contributed by atoms with van der Waals surface area (Å²) in [5.74, 6) is 0.377. The minimum atomic E-state index is -4.18. The van der Waals surface area contributed by atoms with E-state index in [1.165, 1.54) is 0 Å². The van der Waals surface area contributed by atoms with E-state index in [-0.39, 0.29) is 30.5 Å². The van der Waals surface area contributed by atoms with Gasteiger partial charge in [-0.3, -0.25) is 0 Å². The normalized spacial score (nSPS) is 11.7. The number of benzene rings is 2. The van der Waals surface area contributed by atoms with Crippen LogP contribution in [0.3, 0.4) is 0 Å². The summed E-state index contributed by atoms with van der Waals surface area (Å²) in [5.41, 5.74) is 3.15. The van der Waals surface area contributed by atoms with Gasteiger partial charge in [0.1, 0.15) is 0 Å². The number of guanidine groups is 1. The lowest BCUT2D eigenvalue weighted by Gasteiger charge is -2.12. The van der Waals surface area contributed by atoms with E-state index in [0.29, 0.717) is 32.3 Å². The molecular formula is C21H27F3IN3O. The molecule has 0 aliphatic carbocycles. The van der Waals surface area contributed by atoms with Gasteiger partial charge in [0.2, 0.25) is 0 Å². The Morgan fingerprint density at radius 1 is 0.897 bits per heavy atom. The standard InChI is InChI=1S/C21H26F3N3O.HI/c1-2-25-20(26-13-12-21(22,23)24)27-14-17-8-10-19(11-9-17)16-28-15-18-6-4-3-5-7-18;/h3-11H,2,12-16H2,1H3,(H2,25,26,27);1H. The fourth-order valence-electron chi connectivity index (χ4n) is 2.44. The molecule has 0 aromatic heterocycles. The Morgan fingerprint density at radius 3 is 2.07 bits per heavy atom. The van der Waals surface area contributed by atoms with E-state index < -0.39 is 12.6 Å². The van der Waals surface area contributed by atoms with Gasteiger partial charge in [0.15, 0.2) is 5.96 Å². The summed E-state index contributed by atoms with van der Waals surface area (Å²) in [6, 6.07) is 17.8. The van der Waals surface area contributed by atoms with Crippen molar-refractivity contribution in [2.75, 3.05) is 13.1 Å². The number of nitrogens with zero attached hydrogens (tertiary/aromatic N) is 1. The fraction of sp³-hybridized carbons (Fsp3) is 0.381. The summed E-state index contributed by atoms with van der Waals surface area (Å²) < 4.78 is 42.5. The van der Waals surface area contributed by atoms with Gasteiger partial charge in [-0.2, -0.15) is 13.2 Å². The van der Waals surface area contributed by atoms with Crippen molar-refractivity contribution in [3.05, 3.63) is 71.3 Å². The lowest BCUT2D eigenvalue weighted by Crippen LogP contribution is -2.38. The van der Waals surface area contributed by atoms with Crippen molar-refractivity contribution in [3.8, 4) is 0 Å². The SMILES string of the molecule is CCNC(=NCc1ccc(COCc2ccccc2)cc1)NCCC(F)(F)F.I. The van der Waals surface area contributed by atoms with E-state index in [1.807, 2.05) is 61.5 Å². The van der Waals surface area contributed by atoms with Crippen LogP contribution in [-0.2, 0) is 24.5 Å². The molecule has 0 unspecified atom stereocenters. The molecule has 2 aromatic carbocycles. The van der Waals surface area contributed by atoms with Crippen molar-refractivity contribution < 1.29 is 17.9 Å². The summed E-state index contributed by atoms with van der Waals surface area (Å²) in [6.07, 6.45) is -5.07. The van der Waals surface area contributed by atoms with Crippen LogP contribution in [-0.4, -0.2) is 25.2 Å². The van der Waals surface area contributed by atoms with Crippen LogP contribution in [0, 0.1) is 0 Å². The first kappa shape index (κ1) is 25.2. The maximum Gasteiger partial charge on any atom is 0.390 e. The first-order valence-corrected chi connectivity index (χ1v) is 9.24. The number of hydrogen-bond acceptors (Lipinski definition) is 2. The molecule has 0 heterocycles. The molecule has 4 nitrogen and oxygen atoms in total. The smallest absolute Gasteiger partial charge is 0.372 e. The Labute approximate surface area is 187 Å². The van der Waals surface area contributed by atoms with Crippen molar-refractivity contribution in [2.24, 2.45) is 4.99 Å². The van der Waals surface area contributed by atoms with Crippen LogP contribution in [0.25, 0.3) is 0 Å². The maximum atomic E-state index is 12.3. The number of ether oxygens (including phenoxy) is 1. The first-order chi connectivity index (χ1) is 13.5. The zero-order valence-electron chi connectivity index (χ0n) is 16.3. The van der Waals surface area contributed by atoms with Crippen LogP contribution < -0.4 is 10.6 Å². The highest BCUT2D eigenvalue weighted by Crippen LogP contribution is 2.18. The van der Waals surface area contributed by atoms with E-state index in [4.69, 9.17) is 4.74 Å². The maximum absolute atomic E-state index is 12.3. The molecule has 29 heavy (non-hydrogen) atoms. The number of nitrogens with one attached hydrogen (secondary N) is 2. The highest BCUT2D eigenvalue weighted by molar-refractivity contribution is 14.0. The van der Waals surface area contributed by atoms with Crippen LogP contribution >= 0.6 is 24.0 Å². The average molecular weight is 521 g/mol. The zero-order valence-corrected chi connectivity index (χ0v) is 18.7. The number of hydrogen-bond donors (Lipinski definition) is 2. The van der Waals surface area contributed by atoms with Gasteiger partial charge in [0.05, 0.1) is 26.2 Å². The third-order valence-corrected chi connectivity index (χ3v) is 3.87. The minimum Gasteiger partial charge on any atom is -0.372 e. The minimum absolute atomic E-state index is 0. The van der Waals surface area contributed by atoms with Gasteiger partial charge in [-0.25, -0.2) is 4.99 Å². The predicted octanol–water partition coefficient (Wildman–Crippen LogP) is 5.03. The molecule has 0 amide bonds. The number of halogens is 4.